The Morgan fingerprint density at radius 3 is 2.20 bits per heavy atom. The number of hydrogen-bond acceptors (Lipinski definition) is 2. The van der Waals surface area contributed by atoms with Crippen LogP contribution in [0.2, 0.25) is 0 Å². The zero-order valence-electron chi connectivity index (χ0n) is 10.9. The fourth-order valence-electron chi connectivity index (χ4n) is 3.00. The van der Waals surface area contributed by atoms with Gasteiger partial charge in [-0.25, -0.2) is 0 Å². The molecule has 1 aliphatic rings. The molecule has 0 N–H and O–H groups in total. The SMILES string of the molecule is CCC(C)(C=O)C1CC(C)(C)OC1(C)C. The number of carbonyl (C=O) groups is 1. The first kappa shape index (κ1) is 12.7. The summed E-state index contributed by atoms with van der Waals surface area (Å²) in [6.45, 7) is 12.5. The molecule has 1 aliphatic heterocycles. The summed E-state index contributed by atoms with van der Waals surface area (Å²) in [7, 11) is 0. The summed E-state index contributed by atoms with van der Waals surface area (Å²) in [6.07, 6.45) is 2.96. The van der Waals surface area contributed by atoms with Gasteiger partial charge in [-0.15, -0.1) is 0 Å². The first-order valence-electron chi connectivity index (χ1n) is 5.83. The molecule has 1 rings (SSSR count). The lowest BCUT2D eigenvalue weighted by molar-refractivity contribution is -0.125. The number of hydrogen-bond donors (Lipinski definition) is 0. The predicted octanol–water partition coefficient (Wildman–Crippen LogP) is 3.20. The van der Waals surface area contributed by atoms with Crippen LogP contribution < -0.4 is 0 Å². The number of rotatable bonds is 3. The maximum absolute atomic E-state index is 11.3. The highest BCUT2D eigenvalue weighted by Gasteiger charge is 2.52. The highest BCUT2D eigenvalue weighted by molar-refractivity contribution is 5.59. The third-order valence-electron chi connectivity index (χ3n) is 3.90. The Morgan fingerprint density at radius 2 is 1.93 bits per heavy atom. The topological polar surface area (TPSA) is 26.3 Å². The Hall–Kier alpha value is -0.370. The van der Waals surface area contributed by atoms with Crippen LogP contribution in [0.5, 0.6) is 0 Å². The molecule has 0 aromatic heterocycles. The van der Waals surface area contributed by atoms with E-state index in [1.165, 1.54) is 0 Å². The molecule has 2 nitrogen and oxygen atoms in total. The summed E-state index contributed by atoms with van der Waals surface area (Å²) in [6, 6.07) is 0. The van der Waals surface area contributed by atoms with Crippen LogP contribution in [-0.4, -0.2) is 17.5 Å². The molecule has 0 aromatic rings. The second kappa shape index (κ2) is 3.58. The molecule has 0 amide bonds. The normalized spacial score (nSPS) is 32.3. The molecule has 0 radical (unpaired) electrons. The average Bonchev–Trinajstić information content (AvgIpc) is 2.33. The molecule has 0 aliphatic carbocycles. The molecule has 0 bridgehead atoms. The molecule has 1 fully saturated rings. The first-order chi connectivity index (χ1) is 6.67. The van der Waals surface area contributed by atoms with Gasteiger partial charge in [0.15, 0.2) is 0 Å². The highest BCUT2D eigenvalue weighted by atomic mass is 16.5. The van der Waals surface area contributed by atoms with Gasteiger partial charge in [0, 0.05) is 11.3 Å². The molecule has 0 saturated carbocycles. The van der Waals surface area contributed by atoms with Gasteiger partial charge >= 0.3 is 0 Å². The van der Waals surface area contributed by atoms with E-state index in [-0.39, 0.29) is 16.6 Å². The van der Waals surface area contributed by atoms with Crippen molar-refractivity contribution in [2.24, 2.45) is 11.3 Å². The summed E-state index contributed by atoms with van der Waals surface area (Å²) in [4.78, 5) is 11.3. The minimum atomic E-state index is -0.253. The molecule has 15 heavy (non-hydrogen) atoms. The fraction of sp³-hybridized carbons (Fsp3) is 0.923. The van der Waals surface area contributed by atoms with Crippen molar-refractivity contribution >= 4 is 6.29 Å². The Labute approximate surface area is 93.4 Å². The maximum atomic E-state index is 11.3. The zero-order valence-corrected chi connectivity index (χ0v) is 10.9. The monoisotopic (exact) mass is 212 g/mol. The summed E-state index contributed by atoms with van der Waals surface area (Å²) in [5, 5.41) is 0. The van der Waals surface area contributed by atoms with Crippen molar-refractivity contribution in [1.82, 2.24) is 0 Å². The van der Waals surface area contributed by atoms with Crippen LogP contribution in [0, 0.1) is 11.3 Å². The molecule has 2 atom stereocenters. The van der Waals surface area contributed by atoms with Crippen LogP contribution in [0.15, 0.2) is 0 Å². The molecule has 0 aromatic carbocycles. The predicted molar refractivity (Wildman–Crippen MR) is 61.8 cm³/mol. The molecule has 0 spiro atoms. The lowest BCUT2D eigenvalue weighted by atomic mass is 9.67. The third kappa shape index (κ3) is 2.25. The van der Waals surface area contributed by atoms with E-state index in [0.29, 0.717) is 5.92 Å². The second-order valence-electron chi connectivity index (χ2n) is 6.20. The van der Waals surface area contributed by atoms with Gasteiger partial charge in [-0.2, -0.15) is 0 Å². The lowest BCUT2D eigenvalue weighted by Gasteiger charge is -2.37. The number of carbonyl (C=O) groups excluding carboxylic acids is 1. The minimum absolute atomic E-state index is 0.104. The lowest BCUT2D eigenvalue weighted by Crippen LogP contribution is -2.40. The molecule has 88 valence electrons. The van der Waals surface area contributed by atoms with Crippen molar-refractivity contribution in [2.45, 2.75) is 65.6 Å². The fourth-order valence-corrected chi connectivity index (χ4v) is 3.00. The van der Waals surface area contributed by atoms with E-state index in [0.717, 1.165) is 19.1 Å². The van der Waals surface area contributed by atoms with Crippen molar-refractivity contribution in [2.75, 3.05) is 0 Å². The van der Waals surface area contributed by atoms with Crippen LogP contribution in [0.3, 0.4) is 0 Å². The van der Waals surface area contributed by atoms with Crippen LogP contribution in [0.1, 0.15) is 54.4 Å². The maximum Gasteiger partial charge on any atom is 0.126 e. The van der Waals surface area contributed by atoms with Crippen molar-refractivity contribution < 1.29 is 9.53 Å². The van der Waals surface area contributed by atoms with Crippen molar-refractivity contribution in [3.63, 3.8) is 0 Å². The van der Waals surface area contributed by atoms with Gasteiger partial charge in [0.05, 0.1) is 11.2 Å². The smallest absolute Gasteiger partial charge is 0.126 e. The van der Waals surface area contributed by atoms with Crippen molar-refractivity contribution in [1.29, 1.82) is 0 Å². The molecular formula is C13H24O2. The second-order valence-corrected chi connectivity index (χ2v) is 6.20. The highest BCUT2D eigenvalue weighted by Crippen LogP contribution is 2.50. The number of aldehydes is 1. The van der Waals surface area contributed by atoms with Gasteiger partial charge in [0.25, 0.3) is 0 Å². The summed E-state index contributed by atoms with van der Waals surface area (Å²) < 4.78 is 6.04. The molecule has 1 saturated heterocycles. The van der Waals surface area contributed by atoms with Gasteiger partial charge in [-0.05, 0) is 40.5 Å². The molecule has 1 heterocycles. The van der Waals surface area contributed by atoms with Crippen LogP contribution in [-0.2, 0) is 9.53 Å². The first-order valence-corrected chi connectivity index (χ1v) is 5.83. The Kier molecular flexibility index (Phi) is 3.03. The van der Waals surface area contributed by atoms with Crippen molar-refractivity contribution in [3.05, 3.63) is 0 Å². The Morgan fingerprint density at radius 1 is 1.40 bits per heavy atom. The quantitative estimate of drug-likeness (QED) is 0.671. The summed E-state index contributed by atoms with van der Waals surface area (Å²) in [5.41, 5.74) is -0.556. The Bertz CT molecular complexity index is 255. The molecule has 2 unspecified atom stereocenters. The van der Waals surface area contributed by atoms with E-state index in [9.17, 15) is 4.79 Å². The molecular weight excluding hydrogens is 188 g/mol. The molecule has 2 heteroatoms. The average molecular weight is 212 g/mol. The third-order valence-corrected chi connectivity index (χ3v) is 3.90. The van der Waals surface area contributed by atoms with Gasteiger partial charge in [-0.3, -0.25) is 0 Å². The number of ether oxygens (including phenoxy) is 1. The van der Waals surface area contributed by atoms with E-state index in [1.54, 1.807) is 0 Å². The van der Waals surface area contributed by atoms with Crippen LogP contribution in [0.25, 0.3) is 0 Å². The largest absolute Gasteiger partial charge is 0.369 e. The van der Waals surface area contributed by atoms with E-state index < -0.39 is 0 Å². The van der Waals surface area contributed by atoms with E-state index >= 15 is 0 Å². The van der Waals surface area contributed by atoms with Crippen LogP contribution >= 0.6 is 0 Å². The van der Waals surface area contributed by atoms with E-state index in [1.807, 2.05) is 0 Å². The van der Waals surface area contributed by atoms with E-state index in [2.05, 4.69) is 41.5 Å². The van der Waals surface area contributed by atoms with E-state index in [4.69, 9.17) is 4.74 Å². The van der Waals surface area contributed by atoms with Crippen LogP contribution in [0.4, 0.5) is 0 Å². The van der Waals surface area contributed by atoms with Gasteiger partial charge in [-0.1, -0.05) is 13.8 Å². The van der Waals surface area contributed by atoms with Crippen molar-refractivity contribution in [3.8, 4) is 0 Å². The summed E-state index contributed by atoms with van der Waals surface area (Å²) >= 11 is 0. The van der Waals surface area contributed by atoms with Gasteiger partial charge in [0.2, 0.25) is 0 Å². The van der Waals surface area contributed by atoms with Gasteiger partial charge < -0.3 is 9.53 Å². The minimum Gasteiger partial charge on any atom is -0.369 e. The Balaban J connectivity index is 3.00. The van der Waals surface area contributed by atoms with Gasteiger partial charge in [0.1, 0.15) is 6.29 Å². The zero-order chi connectivity index (χ0) is 11.9. The standard InChI is InChI=1S/C13H24O2/c1-7-13(6,9-14)10-8-11(2,3)15-12(10,4)5/h9-10H,7-8H2,1-6H3. The summed E-state index contributed by atoms with van der Waals surface area (Å²) in [5.74, 6) is 0.308.